The number of nitrogens with two attached hydrogens (primary N) is 1. The van der Waals surface area contributed by atoms with Crippen molar-refractivity contribution >= 4 is 11.6 Å². The van der Waals surface area contributed by atoms with Gasteiger partial charge in [0.15, 0.2) is 0 Å². The molecule has 2 unspecified atom stereocenters. The Labute approximate surface area is 96.4 Å². The zero-order valence-corrected chi connectivity index (χ0v) is 10.00. The van der Waals surface area contributed by atoms with Crippen molar-refractivity contribution < 1.29 is 4.74 Å². The minimum Gasteiger partial charge on any atom is -0.384 e. The first-order valence-corrected chi connectivity index (χ1v) is 5.51. The van der Waals surface area contributed by atoms with E-state index >= 15 is 0 Å². The lowest BCUT2D eigenvalue weighted by molar-refractivity contribution is 0.147. The zero-order valence-electron chi connectivity index (χ0n) is 9.24. The van der Waals surface area contributed by atoms with Gasteiger partial charge in [-0.2, -0.15) is 0 Å². The molecule has 0 aliphatic carbocycles. The molecule has 0 saturated carbocycles. The predicted octanol–water partition coefficient (Wildman–Crippen LogP) is 2.49. The molecule has 0 aromatic heterocycles. The molecule has 0 fully saturated rings. The van der Waals surface area contributed by atoms with Gasteiger partial charge in [0.25, 0.3) is 0 Å². The van der Waals surface area contributed by atoms with Gasteiger partial charge in [-0.1, -0.05) is 36.7 Å². The smallest absolute Gasteiger partial charge is 0.0502 e. The van der Waals surface area contributed by atoms with E-state index < -0.39 is 0 Å². The zero-order chi connectivity index (χ0) is 11.3. The lowest BCUT2D eigenvalue weighted by Crippen LogP contribution is -2.33. The van der Waals surface area contributed by atoms with Gasteiger partial charge in [-0.15, -0.1) is 0 Å². The highest BCUT2D eigenvalue weighted by Gasteiger charge is 2.14. The maximum atomic E-state index is 6.07. The molecular weight excluding hydrogens is 210 g/mol. The van der Waals surface area contributed by atoms with E-state index in [9.17, 15) is 0 Å². The molecule has 0 heterocycles. The molecule has 1 aromatic carbocycles. The van der Waals surface area contributed by atoms with Crippen LogP contribution in [0.3, 0.4) is 0 Å². The van der Waals surface area contributed by atoms with Gasteiger partial charge in [0.05, 0.1) is 6.61 Å². The van der Waals surface area contributed by atoms with Crippen LogP contribution >= 0.6 is 11.6 Å². The molecule has 2 nitrogen and oxygen atoms in total. The van der Waals surface area contributed by atoms with Crippen LogP contribution in [0.15, 0.2) is 24.3 Å². The molecule has 1 rings (SSSR count). The fourth-order valence-corrected chi connectivity index (χ4v) is 1.72. The third kappa shape index (κ3) is 3.82. The Morgan fingerprint density at radius 1 is 1.40 bits per heavy atom. The van der Waals surface area contributed by atoms with Crippen LogP contribution < -0.4 is 5.73 Å². The fraction of sp³-hybridized carbons (Fsp3) is 0.500. The van der Waals surface area contributed by atoms with Crippen LogP contribution in [0.25, 0.3) is 0 Å². The molecule has 0 aliphatic rings. The number of benzene rings is 1. The minimum absolute atomic E-state index is 0.0878. The highest BCUT2D eigenvalue weighted by atomic mass is 35.5. The van der Waals surface area contributed by atoms with E-state index in [1.165, 1.54) is 0 Å². The van der Waals surface area contributed by atoms with Crippen LogP contribution in [0.2, 0.25) is 5.02 Å². The van der Waals surface area contributed by atoms with Crippen molar-refractivity contribution in [2.45, 2.75) is 19.4 Å². The standard InChI is InChI=1S/C12H18ClNO/c1-9(8-15-2)12(14)7-10-5-3-4-6-11(10)13/h3-6,9,12H,7-8,14H2,1-2H3. The average molecular weight is 228 g/mol. The van der Waals surface area contributed by atoms with E-state index in [0.29, 0.717) is 12.5 Å². The van der Waals surface area contributed by atoms with Crippen molar-refractivity contribution in [3.05, 3.63) is 34.9 Å². The molecule has 1 aromatic rings. The van der Waals surface area contributed by atoms with Crippen molar-refractivity contribution in [1.82, 2.24) is 0 Å². The molecule has 0 bridgehead atoms. The molecule has 0 saturated heterocycles. The third-order valence-corrected chi connectivity index (χ3v) is 2.94. The number of halogens is 1. The van der Waals surface area contributed by atoms with Gasteiger partial charge in [0.1, 0.15) is 0 Å². The molecule has 2 N–H and O–H groups in total. The van der Waals surface area contributed by atoms with E-state index in [4.69, 9.17) is 22.1 Å². The summed E-state index contributed by atoms with van der Waals surface area (Å²) in [5, 5.41) is 0.789. The van der Waals surface area contributed by atoms with Crippen LogP contribution in [0.1, 0.15) is 12.5 Å². The van der Waals surface area contributed by atoms with E-state index in [1.807, 2.05) is 24.3 Å². The number of ether oxygens (including phenoxy) is 1. The Balaban J connectivity index is 2.58. The molecule has 2 atom stereocenters. The summed E-state index contributed by atoms with van der Waals surface area (Å²) in [5.41, 5.74) is 7.17. The highest BCUT2D eigenvalue weighted by Crippen LogP contribution is 2.18. The van der Waals surface area contributed by atoms with Crippen molar-refractivity contribution in [2.75, 3.05) is 13.7 Å². The highest BCUT2D eigenvalue weighted by molar-refractivity contribution is 6.31. The second-order valence-corrected chi connectivity index (χ2v) is 4.30. The molecule has 0 aliphatic heterocycles. The largest absolute Gasteiger partial charge is 0.384 e. The minimum atomic E-state index is 0.0878. The first-order chi connectivity index (χ1) is 7.15. The molecular formula is C12H18ClNO. The van der Waals surface area contributed by atoms with Gasteiger partial charge in [0.2, 0.25) is 0 Å². The molecule has 84 valence electrons. The maximum absolute atomic E-state index is 6.07. The molecule has 3 heteroatoms. The Kier molecular flexibility index (Phi) is 5.09. The van der Waals surface area contributed by atoms with E-state index in [2.05, 4.69) is 6.92 Å². The van der Waals surface area contributed by atoms with E-state index in [1.54, 1.807) is 7.11 Å². The van der Waals surface area contributed by atoms with Crippen molar-refractivity contribution in [3.8, 4) is 0 Å². The SMILES string of the molecule is COCC(C)C(N)Cc1ccccc1Cl. The Bertz CT molecular complexity index is 303. The average Bonchev–Trinajstić information content (AvgIpc) is 2.21. The fourth-order valence-electron chi connectivity index (χ4n) is 1.51. The maximum Gasteiger partial charge on any atom is 0.0502 e. The Morgan fingerprint density at radius 3 is 2.67 bits per heavy atom. The van der Waals surface area contributed by atoms with Crippen molar-refractivity contribution in [3.63, 3.8) is 0 Å². The molecule has 15 heavy (non-hydrogen) atoms. The predicted molar refractivity (Wildman–Crippen MR) is 64.2 cm³/mol. The van der Waals surface area contributed by atoms with Crippen LogP contribution in [0, 0.1) is 5.92 Å². The summed E-state index contributed by atoms with van der Waals surface area (Å²) in [6.45, 7) is 2.77. The Morgan fingerprint density at radius 2 is 2.07 bits per heavy atom. The van der Waals surface area contributed by atoms with Crippen molar-refractivity contribution in [1.29, 1.82) is 0 Å². The van der Waals surface area contributed by atoms with Gasteiger partial charge < -0.3 is 10.5 Å². The second kappa shape index (κ2) is 6.11. The summed E-state index contributed by atoms with van der Waals surface area (Å²) in [6, 6.07) is 7.90. The lowest BCUT2D eigenvalue weighted by Gasteiger charge is -2.19. The molecule has 0 spiro atoms. The lowest BCUT2D eigenvalue weighted by atomic mass is 9.96. The second-order valence-electron chi connectivity index (χ2n) is 3.89. The summed E-state index contributed by atoms with van der Waals surface area (Å²) < 4.78 is 5.08. The first kappa shape index (κ1) is 12.5. The van der Waals surface area contributed by atoms with Gasteiger partial charge in [0, 0.05) is 18.2 Å². The third-order valence-electron chi connectivity index (χ3n) is 2.57. The van der Waals surface area contributed by atoms with Crippen LogP contribution in [-0.2, 0) is 11.2 Å². The topological polar surface area (TPSA) is 35.2 Å². The van der Waals surface area contributed by atoms with Crippen LogP contribution in [0.4, 0.5) is 0 Å². The first-order valence-electron chi connectivity index (χ1n) is 5.13. The quantitative estimate of drug-likeness (QED) is 0.839. The molecule has 0 amide bonds. The van der Waals surface area contributed by atoms with Crippen LogP contribution in [-0.4, -0.2) is 19.8 Å². The van der Waals surface area contributed by atoms with Gasteiger partial charge in [-0.3, -0.25) is 0 Å². The monoisotopic (exact) mass is 227 g/mol. The number of hydrogen-bond donors (Lipinski definition) is 1. The number of rotatable bonds is 5. The summed E-state index contributed by atoms with van der Waals surface area (Å²) in [5.74, 6) is 0.339. The van der Waals surface area contributed by atoms with Gasteiger partial charge in [-0.05, 0) is 24.0 Å². The summed E-state index contributed by atoms with van der Waals surface area (Å²) in [7, 11) is 1.69. The van der Waals surface area contributed by atoms with Crippen LogP contribution in [0.5, 0.6) is 0 Å². The summed E-state index contributed by atoms with van der Waals surface area (Å²) >= 11 is 6.06. The number of hydrogen-bond acceptors (Lipinski definition) is 2. The van der Waals surface area contributed by atoms with Crippen molar-refractivity contribution in [2.24, 2.45) is 11.7 Å². The van der Waals surface area contributed by atoms with E-state index in [-0.39, 0.29) is 6.04 Å². The van der Waals surface area contributed by atoms with Gasteiger partial charge >= 0.3 is 0 Å². The van der Waals surface area contributed by atoms with E-state index in [0.717, 1.165) is 17.0 Å². The summed E-state index contributed by atoms with van der Waals surface area (Å²) in [4.78, 5) is 0. The Hall–Kier alpha value is -0.570. The normalized spacial score (nSPS) is 14.9. The number of methoxy groups -OCH3 is 1. The molecule has 0 radical (unpaired) electrons. The van der Waals surface area contributed by atoms with Gasteiger partial charge in [-0.25, -0.2) is 0 Å². The summed E-state index contributed by atoms with van der Waals surface area (Å²) in [6.07, 6.45) is 0.796.